The van der Waals surface area contributed by atoms with E-state index in [2.05, 4.69) is 15.0 Å². The summed E-state index contributed by atoms with van der Waals surface area (Å²) < 4.78 is 28.8. The highest BCUT2D eigenvalue weighted by atomic mass is 32.2. The summed E-state index contributed by atoms with van der Waals surface area (Å²) in [5.41, 5.74) is 1.13. The Kier molecular flexibility index (Phi) is 4.77. The fourth-order valence-electron chi connectivity index (χ4n) is 2.79. The fraction of sp³-hybridized carbons (Fsp3) is 0.500. The lowest BCUT2D eigenvalue weighted by Crippen LogP contribution is -2.30. The maximum atomic E-state index is 11.7. The molecule has 6 nitrogen and oxygen atoms in total. The van der Waals surface area contributed by atoms with Gasteiger partial charge in [-0.25, -0.2) is 8.42 Å². The SMILES string of the molecule is CC(c1nc(Cc2ccccc2)no1)N1CCCS(=O)(=O)CC1. The smallest absolute Gasteiger partial charge is 0.243 e. The highest BCUT2D eigenvalue weighted by Crippen LogP contribution is 2.21. The molecule has 0 spiro atoms. The van der Waals surface area contributed by atoms with Crippen molar-refractivity contribution in [2.45, 2.75) is 25.8 Å². The first kappa shape index (κ1) is 16.1. The molecule has 0 aliphatic carbocycles. The van der Waals surface area contributed by atoms with E-state index in [1.54, 1.807) is 0 Å². The number of nitrogens with zero attached hydrogens (tertiary/aromatic N) is 3. The standard InChI is InChI=1S/C16H21N3O3S/c1-13(19-8-5-10-23(20,21)11-9-19)16-17-15(18-22-16)12-14-6-3-2-4-7-14/h2-4,6-7,13H,5,8-12H2,1H3. The second-order valence-electron chi connectivity index (χ2n) is 5.93. The number of hydrogen-bond donors (Lipinski definition) is 0. The predicted octanol–water partition coefficient (Wildman–Crippen LogP) is 1.84. The molecule has 1 fully saturated rings. The van der Waals surface area contributed by atoms with Crippen LogP contribution in [0.5, 0.6) is 0 Å². The van der Waals surface area contributed by atoms with Gasteiger partial charge in [-0.1, -0.05) is 35.5 Å². The zero-order chi connectivity index (χ0) is 16.3. The highest BCUT2D eigenvalue weighted by molar-refractivity contribution is 7.91. The van der Waals surface area contributed by atoms with Crippen LogP contribution in [0, 0.1) is 0 Å². The molecule has 2 aromatic rings. The lowest BCUT2D eigenvalue weighted by molar-refractivity contribution is 0.185. The van der Waals surface area contributed by atoms with E-state index in [4.69, 9.17) is 4.52 Å². The van der Waals surface area contributed by atoms with Crippen LogP contribution in [0.4, 0.5) is 0 Å². The first-order valence-corrected chi connectivity index (χ1v) is 9.66. The monoisotopic (exact) mass is 335 g/mol. The van der Waals surface area contributed by atoms with Crippen molar-refractivity contribution in [3.05, 3.63) is 47.6 Å². The van der Waals surface area contributed by atoms with Gasteiger partial charge in [-0.3, -0.25) is 4.90 Å². The molecule has 1 aliphatic heterocycles. The molecule has 0 radical (unpaired) electrons. The first-order valence-electron chi connectivity index (χ1n) is 7.84. The molecular weight excluding hydrogens is 314 g/mol. The van der Waals surface area contributed by atoms with Crippen LogP contribution in [0.1, 0.15) is 36.7 Å². The Balaban J connectivity index is 1.67. The Morgan fingerprint density at radius 3 is 2.78 bits per heavy atom. The summed E-state index contributed by atoms with van der Waals surface area (Å²) in [4.78, 5) is 6.58. The molecule has 0 amide bonds. The van der Waals surface area contributed by atoms with E-state index in [0.29, 0.717) is 31.1 Å². The van der Waals surface area contributed by atoms with Gasteiger partial charge in [0.2, 0.25) is 5.89 Å². The maximum absolute atomic E-state index is 11.7. The lowest BCUT2D eigenvalue weighted by atomic mass is 10.1. The molecule has 0 bridgehead atoms. The molecule has 0 N–H and O–H groups in total. The van der Waals surface area contributed by atoms with Crippen molar-refractivity contribution in [3.8, 4) is 0 Å². The summed E-state index contributed by atoms with van der Waals surface area (Å²) in [6, 6.07) is 9.92. The normalized spacial score (nSPS) is 20.0. The second kappa shape index (κ2) is 6.80. The Labute approximate surface area is 136 Å². The van der Waals surface area contributed by atoms with Crippen LogP contribution < -0.4 is 0 Å². The van der Waals surface area contributed by atoms with Crippen LogP contribution >= 0.6 is 0 Å². The first-order chi connectivity index (χ1) is 11.0. The average molecular weight is 335 g/mol. The number of benzene rings is 1. The van der Waals surface area contributed by atoms with E-state index in [1.165, 1.54) is 0 Å². The van der Waals surface area contributed by atoms with Crippen molar-refractivity contribution in [1.82, 2.24) is 15.0 Å². The maximum Gasteiger partial charge on any atom is 0.243 e. The molecule has 0 saturated carbocycles. The van der Waals surface area contributed by atoms with Crippen molar-refractivity contribution in [3.63, 3.8) is 0 Å². The average Bonchev–Trinajstić information content (AvgIpc) is 2.91. The van der Waals surface area contributed by atoms with Crippen LogP contribution in [-0.2, 0) is 16.3 Å². The van der Waals surface area contributed by atoms with Crippen LogP contribution in [0.2, 0.25) is 0 Å². The van der Waals surface area contributed by atoms with Crippen molar-refractivity contribution >= 4 is 9.84 Å². The van der Waals surface area contributed by atoms with Gasteiger partial charge in [0, 0.05) is 13.0 Å². The zero-order valence-electron chi connectivity index (χ0n) is 13.2. The van der Waals surface area contributed by atoms with E-state index in [-0.39, 0.29) is 17.5 Å². The van der Waals surface area contributed by atoms with E-state index < -0.39 is 9.84 Å². The topological polar surface area (TPSA) is 76.3 Å². The largest absolute Gasteiger partial charge is 0.338 e. The number of sulfone groups is 1. The van der Waals surface area contributed by atoms with Gasteiger partial charge < -0.3 is 4.52 Å². The molecule has 7 heteroatoms. The van der Waals surface area contributed by atoms with Gasteiger partial charge in [0.15, 0.2) is 15.7 Å². The molecular formula is C16H21N3O3S. The summed E-state index contributed by atoms with van der Waals surface area (Å²) in [7, 11) is -2.91. The molecule has 1 aromatic carbocycles. The molecule has 1 aliphatic rings. The van der Waals surface area contributed by atoms with Crippen molar-refractivity contribution in [2.24, 2.45) is 0 Å². The summed E-state index contributed by atoms with van der Waals surface area (Å²) in [5, 5.41) is 4.05. The minimum Gasteiger partial charge on any atom is -0.338 e. The van der Waals surface area contributed by atoms with Gasteiger partial charge in [0.05, 0.1) is 17.5 Å². The van der Waals surface area contributed by atoms with E-state index >= 15 is 0 Å². The Morgan fingerprint density at radius 2 is 2.00 bits per heavy atom. The summed E-state index contributed by atoms with van der Waals surface area (Å²) in [5.74, 6) is 1.66. The van der Waals surface area contributed by atoms with Gasteiger partial charge in [-0.2, -0.15) is 4.98 Å². The minimum absolute atomic E-state index is 0.0691. The van der Waals surface area contributed by atoms with E-state index in [0.717, 1.165) is 12.1 Å². The van der Waals surface area contributed by atoms with Crippen LogP contribution in [-0.4, -0.2) is 48.1 Å². The fourth-order valence-corrected chi connectivity index (χ4v) is 4.07. The second-order valence-corrected chi connectivity index (χ2v) is 8.23. The van der Waals surface area contributed by atoms with E-state index in [1.807, 2.05) is 37.3 Å². The van der Waals surface area contributed by atoms with Crippen LogP contribution in [0.3, 0.4) is 0 Å². The summed E-state index contributed by atoms with van der Waals surface area (Å²) >= 11 is 0. The van der Waals surface area contributed by atoms with E-state index in [9.17, 15) is 8.42 Å². The van der Waals surface area contributed by atoms with Gasteiger partial charge in [0.25, 0.3) is 0 Å². The van der Waals surface area contributed by atoms with Crippen molar-refractivity contribution in [1.29, 1.82) is 0 Å². The molecule has 124 valence electrons. The third-order valence-corrected chi connectivity index (χ3v) is 5.90. The molecule has 3 rings (SSSR count). The van der Waals surface area contributed by atoms with Crippen LogP contribution in [0.15, 0.2) is 34.9 Å². The van der Waals surface area contributed by atoms with Gasteiger partial charge in [0.1, 0.15) is 0 Å². The summed E-state index contributed by atoms with van der Waals surface area (Å²) in [6.45, 7) is 3.23. The number of hydrogen-bond acceptors (Lipinski definition) is 6. The highest BCUT2D eigenvalue weighted by Gasteiger charge is 2.26. The zero-order valence-corrected chi connectivity index (χ0v) is 14.0. The molecule has 23 heavy (non-hydrogen) atoms. The molecule has 2 heterocycles. The van der Waals surface area contributed by atoms with Crippen LogP contribution in [0.25, 0.3) is 0 Å². The van der Waals surface area contributed by atoms with Gasteiger partial charge in [-0.05, 0) is 25.5 Å². The Hall–Kier alpha value is -1.73. The number of rotatable bonds is 4. The minimum atomic E-state index is -2.91. The van der Waals surface area contributed by atoms with Gasteiger partial charge in [-0.15, -0.1) is 0 Å². The molecule has 1 saturated heterocycles. The van der Waals surface area contributed by atoms with Gasteiger partial charge >= 0.3 is 0 Å². The third-order valence-electron chi connectivity index (χ3n) is 4.18. The molecule has 1 atom stereocenters. The summed E-state index contributed by atoms with van der Waals surface area (Å²) in [6.07, 6.45) is 1.28. The lowest BCUT2D eigenvalue weighted by Gasteiger charge is -2.23. The van der Waals surface area contributed by atoms with Crippen molar-refractivity contribution in [2.75, 3.05) is 24.6 Å². The Morgan fingerprint density at radius 1 is 1.22 bits per heavy atom. The predicted molar refractivity (Wildman–Crippen MR) is 86.8 cm³/mol. The quantitative estimate of drug-likeness (QED) is 0.848. The third kappa shape index (κ3) is 4.17. The molecule has 1 unspecified atom stereocenters. The number of aromatic nitrogens is 2. The molecule has 1 aromatic heterocycles. The Bertz CT molecular complexity index is 743. The van der Waals surface area contributed by atoms with Crippen molar-refractivity contribution < 1.29 is 12.9 Å².